The van der Waals surface area contributed by atoms with Crippen molar-refractivity contribution in [2.45, 2.75) is 13.3 Å². The topological polar surface area (TPSA) is 15.3 Å². The summed E-state index contributed by atoms with van der Waals surface area (Å²) >= 11 is 0. The van der Waals surface area contributed by atoms with Gasteiger partial charge >= 0.3 is 0 Å². The second kappa shape index (κ2) is 4.12. The van der Waals surface area contributed by atoms with Crippen LogP contribution in [0.25, 0.3) is 0 Å². The minimum absolute atomic E-state index is 1.01. The van der Waals surface area contributed by atoms with E-state index in [1.165, 1.54) is 16.7 Å². The fourth-order valence-corrected chi connectivity index (χ4v) is 1.78. The highest BCUT2D eigenvalue weighted by molar-refractivity contribution is 7.27. The van der Waals surface area contributed by atoms with Gasteiger partial charge in [-0.15, -0.1) is 9.24 Å². The molecule has 0 saturated carbocycles. The van der Waals surface area contributed by atoms with Crippen LogP contribution < -0.4 is 15.7 Å². The smallest absolute Gasteiger partial charge is 0.0574 e. The van der Waals surface area contributed by atoms with Crippen LogP contribution in [0.1, 0.15) is 13.3 Å². The second-order valence-electron chi connectivity index (χ2n) is 3.47. The van der Waals surface area contributed by atoms with Crippen molar-refractivity contribution in [1.29, 1.82) is 0 Å². The Balaban J connectivity index is 2.26. The van der Waals surface area contributed by atoms with E-state index in [-0.39, 0.29) is 0 Å². The van der Waals surface area contributed by atoms with E-state index in [1.807, 2.05) is 0 Å². The first kappa shape index (κ1) is 9.70. The number of anilines is 1. The Morgan fingerprint density at radius 2 is 2.00 bits per heavy atom. The first-order valence-electron chi connectivity index (χ1n) is 4.83. The average Bonchev–Trinajstić information content (AvgIpc) is 2.20. The molecule has 0 radical (unpaired) electrons. The zero-order valence-corrected chi connectivity index (χ0v) is 9.48. The van der Waals surface area contributed by atoms with Gasteiger partial charge in [0.05, 0.1) is 5.69 Å². The van der Waals surface area contributed by atoms with E-state index in [9.17, 15) is 0 Å². The molecule has 1 aliphatic rings. The van der Waals surface area contributed by atoms with Gasteiger partial charge in [-0.25, -0.2) is 5.43 Å². The number of hydrogen-bond acceptors (Lipinski definition) is 2. The highest BCUT2D eigenvalue weighted by Crippen LogP contribution is 2.18. The number of nitrogens with one attached hydrogen (secondary N) is 1. The number of allylic oxidation sites excluding steroid dienone is 1. The van der Waals surface area contributed by atoms with Gasteiger partial charge in [-0.2, -0.15) is 0 Å². The Morgan fingerprint density at radius 3 is 2.64 bits per heavy atom. The molecule has 0 amide bonds. The van der Waals surface area contributed by atoms with Crippen molar-refractivity contribution in [2.75, 3.05) is 11.6 Å². The standard InChI is InChI=1S/C11H15N2P/c1-9-3-2-8-12-13(9)10-4-6-11(14)7-5-10/h3-7,12H,2,8,14H2,1H3. The second-order valence-corrected chi connectivity index (χ2v) is 4.14. The monoisotopic (exact) mass is 206 g/mol. The zero-order chi connectivity index (χ0) is 9.97. The van der Waals surface area contributed by atoms with Crippen molar-refractivity contribution in [3.05, 3.63) is 36.0 Å². The van der Waals surface area contributed by atoms with Gasteiger partial charge in [0.15, 0.2) is 0 Å². The first-order chi connectivity index (χ1) is 6.77. The van der Waals surface area contributed by atoms with Crippen LogP contribution in [-0.2, 0) is 0 Å². The Bertz CT molecular complexity index is 343. The molecule has 0 aromatic heterocycles. The summed E-state index contributed by atoms with van der Waals surface area (Å²) in [4.78, 5) is 0. The molecule has 1 heterocycles. The third kappa shape index (κ3) is 1.97. The lowest BCUT2D eigenvalue weighted by atomic mass is 10.2. The Hall–Kier alpha value is -0.850. The molecule has 14 heavy (non-hydrogen) atoms. The Labute approximate surface area is 87.2 Å². The summed E-state index contributed by atoms with van der Waals surface area (Å²) in [7, 11) is 2.70. The van der Waals surface area contributed by atoms with Crippen molar-refractivity contribution in [2.24, 2.45) is 0 Å². The van der Waals surface area contributed by atoms with Gasteiger partial charge < -0.3 is 0 Å². The van der Waals surface area contributed by atoms with Crippen LogP contribution in [0.4, 0.5) is 5.69 Å². The third-order valence-corrected chi connectivity index (χ3v) is 2.74. The SMILES string of the molecule is CC1=CCCNN1c1ccc(P)cc1. The number of rotatable bonds is 1. The van der Waals surface area contributed by atoms with Crippen LogP contribution in [0, 0.1) is 0 Å². The molecule has 1 N–H and O–H groups in total. The molecule has 1 aromatic rings. The van der Waals surface area contributed by atoms with Gasteiger partial charge in [0, 0.05) is 12.2 Å². The van der Waals surface area contributed by atoms with Crippen molar-refractivity contribution in [3.8, 4) is 0 Å². The maximum Gasteiger partial charge on any atom is 0.0574 e. The van der Waals surface area contributed by atoms with E-state index >= 15 is 0 Å². The molecule has 2 rings (SSSR count). The largest absolute Gasteiger partial charge is 0.282 e. The molecule has 0 spiro atoms. The molecule has 74 valence electrons. The fraction of sp³-hybridized carbons (Fsp3) is 0.273. The van der Waals surface area contributed by atoms with E-state index in [2.05, 4.69) is 56.9 Å². The van der Waals surface area contributed by atoms with Crippen LogP contribution in [0.5, 0.6) is 0 Å². The van der Waals surface area contributed by atoms with E-state index in [4.69, 9.17) is 0 Å². The molecule has 0 bridgehead atoms. The molecule has 2 nitrogen and oxygen atoms in total. The number of nitrogens with zero attached hydrogens (tertiary/aromatic N) is 1. The molecule has 1 aliphatic heterocycles. The maximum absolute atomic E-state index is 3.36. The first-order valence-corrected chi connectivity index (χ1v) is 5.41. The summed E-state index contributed by atoms with van der Waals surface area (Å²) in [6.45, 7) is 3.14. The van der Waals surface area contributed by atoms with Crippen LogP contribution in [0.2, 0.25) is 0 Å². The van der Waals surface area contributed by atoms with E-state index in [1.54, 1.807) is 0 Å². The van der Waals surface area contributed by atoms with Crippen molar-refractivity contribution in [3.63, 3.8) is 0 Å². The predicted molar refractivity (Wildman–Crippen MR) is 64.6 cm³/mol. The number of hydrazine groups is 1. The molecule has 1 atom stereocenters. The predicted octanol–water partition coefficient (Wildman–Crippen LogP) is 1.81. The quantitative estimate of drug-likeness (QED) is 0.705. The summed E-state index contributed by atoms with van der Waals surface area (Å²) in [5, 5.41) is 3.35. The molecule has 0 fully saturated rings. The Kier molecular flexibility index (Phi) is 2.85. The normalized spacial score (nSPS) is 16.7. The fourth-order valence-electron chi connectivity index (χ4n) is 1.59. The molecule has 0 saturated heterocycles. The van der Waals surface area contributed by atoms with Gasteiger partial charge in [0.1, 0.15) is 0 Å². The van der Waals surface area contributed by atoms with Gasteiger partial charge in [-0.3, -0.25) is 5.01 Å². The molecule has 1 unspecified atom stereocenters. The van der Waals surface area contributed by atoms with E-state index in [0.717, 1.165) is 13.0 Å². The average molecular weight is 206 g/mol. The van der Waals surface area contributed by atoms with E-state index < -0.39 is 0 Å². The van der Waals surface area contributed by atoms with Crippen LogP contribution in [0.3, 0.4) is 0 Å². The van der Waals surface area contributed by atoms with Crippen LogP contribution >= 0.6 is 9.24 Å². The van der Waals surface area contributed by atoms with Crippen molar-refractivity contribution in [1.82, 2.24) is 5.43 Å². The third-order valence-electron chi connectivity index (χ3n) is 2.36. The Morgan fingerprint density at radius 1 is 1.29 bits per heavy atom. The minimum atomic E-state index is 1.01. The van der Waals surface area contributed by atoms with Crippen LogP contribution in [-0.4, -0.2) is 6.54 Å². The van der Waals surface area contributed by atoms with Gasteiger partial charge in [0.25, 0.3) is 0 Å². The summed E-state index contributed by atoms with van der Waals surface area (Å²) in [6.07, 6.45) is 3.37. The summed E-state index contributed by atoms with van der Waals surface area (Å²) in [6, 6.07) is 8.45. The number of benzene rings is 1. The van der Waals surface area contributed by atoms with E-state index in [0.29, 0.717) is 0 Å². The zero-order valence-electron chi connectivity index (χ0n) is 8.33. The lowest BCUT2D eigenvalue weighted by molar-refractivity contribution is 0.648. The molecule has 3 heteroatoms. The summed E-state index contributed by atoms with van der Waals surface area (Å²) in [5.41, 5.74) is 5.83. The highest BCUT2D eigenvalue weighted by Gasteiger charge is 2.10. The number of hydrogen-bond donors (Lipinski definition) is 1. The lowest BCUT2D eigenvalue weighted by Crippen LogP contribution is -2.39. The van der Waals surface area contributed by atoms with Gasteiger partial charge in [-0.1, -0.05) is 18.2 Å². The molecule has 0 aliphatic carbocycles. The molecular weight excluding hydrogens is 191 g/mol. The highest BCUT2D eigenvalue weighted by atomic mass is 31.0. The van der Waals surface area contributed by atoms with Gasteiger partial charge in [0.2, 0.25) is 0 Å². The van der Waals surface area contributed by atoms with Crippen molar-refractivity contribution < 1.29 is 0 Å². The summed E-state index contributed by atoms with van der Waals surface area (Å²) in [5.74, 6) is 0. The molecular formula is C11H15N2P. The van der Waals surface area contributed by atoms with Gasteiger partial charge in [-0.05, 0) is 30.8 Å². The van der Waals surface area contributed by atoms with Crippen LogP contribution in [0.15, 0.2) is 36.0 Å². The molecule has 1 aromatic carbocycles. The maximum atomic E-state index is 3.36. The minimum Gasteiger partial charge on any atom is -0.282 e. The lowest BCUT2D eigenvalue weighted by Gasteiger charge is -2.29. The summed E-state index contributed by atoms with van der Waals surface area (Å²) < 4.78 is 0. The van der Waals surface area contributed by atoms with Crippen molar-refractivity contribution >= 4 is 20.2 Å².